The number of hydrogen-bond donors (Lipinski definition) is 1. The number of carbonyl (C=O) groups is 2. The normalized spacial score (nSPS) is 10.2. The molecule has 23 heavy (non-hydrogen) atoms. The largest absolute Gasteiger partial charge is 0.335 e. The summed E-state index contributed by atoms with van der Waals surface area (Å²) in [6.07, 6.45) is 0. The van der Waals surface area contributed by atoms with Crippen molar-refractivity contribution in [3.8, 4) is 0 Å². The number of amides is 2. The third kappa shape index (κ3) is 4.57. The lowest BCUT2D eigenvalue weighted by Crippen LogP contribution is -2.30. The second-order valence-electron chi connectivity index (χ2n) is 5.17. The van der Waals surface area contributed by atoms with Crippen molar-refractivity contribution in [2.45, 2.75) is 20.4 Å². The van der Waals surface area contributed by atoms with Crippen molar-refractivity contribution in [2.24, 2.45) is 0 Å². The van der Waals surface area contributed by atoms with E-state index in [1.54, 1.807) is 29.2 Å². The number of halogens is 1. The van der Waals surface area contributed by atoms with Crippen molar-refractivity contribution in [3.63, 3.8) is 0 Å². The van der Waals surface area contributed by atoms with Crippen LogP contribution in [0.4, 0.5) is 5.69 Å². The lowest BCUT2D eigenvalue weighted by atomic mass is 10.1. The number of carbonyl (C=O) groups excluding carboxylic acids is 2. The Balaban J connectivity index is 2.20. The summed E-state index contributed by atoms with van der Waals surface area (Å²) in [6.45, 7) is 4.37. The van der Waals surface area contributed by atoms with E-state index in [0.717, 1.165) is 5.56 Å². The summed E-state index contributed by atoms with van der Waals surface area (Å²) in [7, 11) is 0. The fourth-order valence-electron chi connectivity index (χ4n) is 2.28. The van der Waals surface area contributed by atoms with Gasteiger partial charge in [0.25, 0.3) is 5.91 Å². The first kappa shape index (κ1) is 17.0. The van der Waals surface area contributed by atoms with Crippen LogP contribution in [0.1, 0.15) is 29.8 Å². The highest BCUT2D eigenvalue weighted by Gasteiger charge is 2.16. The van der Waals surface area contributed by atoms with E-state index in [1.165, 1.54) is 6.92 Å². The maximum Gasteiger partial charge on any atom is 0.254 e. The zero-order valence-corrected chi connectivity index (χ0v) is 13.9. The molecule has 0 aliphatic heterocycles. The minimum atomic E-state index is -0.169. The van der Waals surface area contributed by atoms with Crippen LogP contribution in [0.2, 0.25) is 5.02 Å². The molecule has 0 bridgehead atoms. The molecule has 0 saturated heterocycles. The van der Waals surface area contributed by atoms with Crippen LogP contribution in [-0.4, -0.2) is 23.3 Å². The molecule has 120 valence electrons. The fraction of sp³-hybridized carbons (Fsp3) is 0.222. The maximum absolute atomic E-state index is 12.7. The van der Waals surface area contributed by atoms with E-state index in [4.69, 9.17) is 11.6 Å². The molecule has 2 aromatic carbocycles. The topological polar surface area (TPSA) is 49.4 Å². The molecular formula is C18H19ClN2O2. The van der Waals surface area contributed by atoms with Crippen molar-refractivity contribution in [2.75, 3.05) is 11.9 Å². The predicted octanol–water partition coefficient (Wildman–Crippen LogP) is 3.96. The highest BCUT2D eigenvalue weighted by Crippen LogP contribution is 2.19. The summed E-state index contributed by atoms with van der Waals surface area (Å²) < 4.78 is 0. The Morgan fingerprint density at radius 3 is 2.52 bits per heavy atom. The molecule has 0 spiro atoms. The Labute approximate surface area is 141 Å². The minimum absolute atomic E-state index is 0.0976. The average molecular weight is 331 g/mol. The number of nitrogens with zero attached hydrogens (tertiary/aromatic N) is 1. The number of benzene rings is 2. The monoisotopic (exact) mass is 330 g/mol. The fourth-order valence-corrected chi connectivity index (χ4v) is 2.47. The number of anilines is 1. The third-order valence-corrected chi connectivity index (χ3v) is 3.79. The molecule has 0 radical (unpaired) electrons. The summed E-state index contributed by atoms with van der Waals surface area (Å²) in [4.78, 5) is 25.6. The van der Waals surface area contributed by atoms with Crippen LogP contribution in [0.5, 0.6) is 0 Å². The second kappa shape index (κ2) is 7.79. The molecular weight excluding hydrogens is 312 g/mol. The van der Waals surface area contributed by atoms with Crippen LogP contribution in [0, 0.1) is 0 Å². The molecule has 0 aromatic heterocycles. The van der Waals surface area contributed by atoms with Gasteiger partial charge in [-0.05, 0) is 36.8 Å². The van der Waals surface area contributed by atoms with Gasteiger partial charge >= 0.3 is 0 Å². The van der Waals surface area contributed by atoms with Crippen LogP contribution in [-0.2, 0) is 11.3 Å². The minimum Gasteiger partial charge on any atom is -0.335 e. The molecule has 5 heteroatoms. The van der Waals surface area contributed by atoms with Crippen molar-refractivity contribution < 1.29 is 9.59 Å². The Morgan fingerprint density at radius 2 is 1.87 bits per heavy atom. The first-order valence-electron chi connectivity index (χ1n) is 7.41. The van der Waals surface area contributed by atoms with Crippen molar-refractivity contribution in [3.05, 3.63) is 64.7 Å². The molecule has 0 atom stereocenters. The van der Waals surface area contributed by atoms with Gasteiger partial charge in [-0.15, -0.1) is 0 Å². The van der Waals surface area contributed by atoms with Gasteiger partial charge in [-0.3, -0.25) is 9.59 Å². The van der Waals surface area contributed by atoms with Gasteiger partial charge in [-0.2, -0.15) is 0 Å². The molecule has 1 N–H and O–H groups in total. The zero-order valence-electron chi connectivity index (χ0n) is 13.2. The molecule has 0 fully saturated rings. The maximum atomic E-state index is 12.7. The summed E-state index contributed by atoms with van der Waals surface area (Å²) in [5.74, 6) is -0.266. The first-order valence-corrected chi connectivity index (χ1v) is 7.79. The van der Waals surface area contributed by atoms with Gasteiger partial charge in [0.2, 0.25) is 5.91 Å². The number of hydrogen-bond acceptors (Lipinski definition) is 2. The van der Waals surface area contributed by atoms with Crippen LogP contribution in [0.15, 0.2) is 48.5 Å². The van der Waals surface area contributed by atoms with Gasteiger partial charge in [0.05, 0.1) is 0 Å². The molecule has 0 saturated carbocycles. The first-order chi connectivity index (χ1) is 11.0. The van der Waals surface area contributed by atoms with E-state index < -0.39 is 0 Å². The van der Waals surface area contributed by atoms with Crippen LogP contribution in [0.25, 0.3) is 0 Å². The highest BCUT2D eigenvalue weighted by atomic mass is 35.5. The van der Waals surface area contributed by atoms with Crippen LogP contribution >= 0.6 is 11.6 Å². The Kier molecular flexibility index (Phi) is 5.77. The smallest absolute Gasteiger partial charge is 0.254 e. The van der Waals surface area contributed by atoms with Crippen LogP contribution in [0.3, 0.4) is 0 Å². The molecule has 0 aliphatic rings. The van der Waals surface area contributed by atoms with Gasteiger partial charge in [-0.1, -0.05) is 35.9 Å². The Morgan fingerprint density at radius 1 is 1.13 bits per heavy atom. The average Bonchev–Trinajstić information content (AvgIpc) is 2.53. The Hall–Kier alpha value is -2.33. The second-order valence-corrected chi connectivity index (χ2v) is 5.58. The lowest BCUT2D eigenvalue weighted by molar-refractivity contribution is -0.114. The van der Waals surface area contributed by atoms with E-state index >= 15 is 0 Å². The summed E-state index contributed by atoms with van der Waals surface area (Å²) >= 11 is 6.17. The Bertz CT molecular complexity index is 716. The summed E-state index contributed by atoms with van der Waals surface area (Å²) in [5, 5.41) is 3.33. The van der Waals surface area contributed by atoms with Gasteiger partial charge in [0.15, 0.2) is 0 Å². The molecule has 2 amide bonds. The highest BCUT2D eigenvalue weighted by molar-refractivity contribution is 6.31. The molecule has 2 rings (SSSR count). The third-order valence-electron chi connectivity index (χ3n) is 3.42. The molecule has 2 aromatic rings. The standard InChI is InChI=1S/C18H19ClN2O2/c1-3-21(12-15-7-4-5-10-17(15)19)18(23)14-8-6-9-16(11-14)20-13(2)22/h4-11H,3,12H2,1-2H3,(H,20,22). The number of nitrogens with one attached hydrogen (secondary N) is 1. The summed E-state index contributed by atoms with van der Waals surface area (Å²) in [5.41, 5.74) is 2.05. The van der Waals surface area contributed by atoms with E-state index in [2.05, 4.69) is 5.32 Å². The van der Waals surface area contributed by atoms with Gasteiger partial charge < -0.3 is 10.2 Å². The van der Waals surface area contributed by atoms with Crippen molar-refractivity contribution in [1.29, 1.82) is 0 Å². The SMILES string of the molecule is CCN(Cc1ccccc1Cl)C(=O)c1cccc(NC(C)=O)c1. The number of rotatable bonds is 5. The van der Waals surface area contributed by atoms with Gasteiger partial charge in [-0.25, -0.2) is 0 Å². The van der Waals surface area contributed by atoms with E-state index in [-0.39, 0.29) is 11.8 Å². The van der Waals surface area contributed by atoms with Crippen LogP contribution < -0.4 is 5.32 Å². The van der Waals surface area contributed by atoms with E-state index in [1.807, 2.05) is 31.2 Å². The lowest BCUT2D eigenvalue weighted by Gasteiger charge is -2.22. The van der Waals surface area contributed by atoms with Gasteiger partial charge in [0.1, 0.15) is 0 Å². The van der Waals surface area contributed by atoms with Crippen molar-refractivity contribution in [1.82, 2.24) is 4.90 Å². The molecule has 0 unspecified atom stereocenters. The van der Waals surface area contributed by atoms with Crippen molar-refractivity contribution >= 4 is 29.1 Å². The molecule has 0 aliphatic carbocycles. The molecule has 4 nitrogen and oxygen atoms in total. The van der Waals surface area contributed by atoms with Gasteiger partial charge in [0, 0.05) is 36.3 Å². The molecule has 0 heterocycles. The van der Waals surface area contributed by atoms with E-state index in [0.29, 0.717) is 29.4 Å². The van der Waals surface area contributed by atoms with E-state index in [9.17, 15) is 9.59 Å². The predicted molar refractivity (Wildman–Crippen MR) is 92.6 cm³/mol. The quantitative estimate of drug-likeness (QED) is 0.902. The zero-order chi connectivity index (χ0) is 16.8. The summed E-state index contributed by atoms with van der Waals surface area (Å²) in [6, 6.07) is 14.4.